The Morgan fingerprint density at radius 3 is 2.68 bits per heavy atom. The lowest BCUT2D eigenvalue weighted by Crippen LogP contribution is -2.56. The zero-order valence-electron chi connectivity index (χ0n) is 16.9. The van der Waals surface area contributed by atoms with E-state index in [0.717, 1.165) is 12.8 Å². The van der Waals surface area contributed by atoms with Crippen LogP contribution < -0.4 is 5.32 Å². The van der Waals surface area contributed by atoms with Crippen molar-refractivity contribution in [1.82, 2.24) is 14.5 Å². The molecule has 7 nitrogen and oxygen atoms in total. The third kappa shape index (κ3) is 3.79. The lowest BCUT2D eigenvalue weighted by molar-refractivity contribution is -0.131. The molecule has 9 heteroatoms. The van der Waals surface area contributed by atoms with Gasteiger partial charge in [0.05, 0.1) is 24.9 Å². The summed E-state index contributed by atoms with van der Waals surface area (Å²) < 4.78 is 39.6. The van der Waals surface area contributed by atoms with Crippen molar-refractivity contribution in [2.75, 3.05) is 31.9 Å². The third-order valence-corrected chi connectivity index (χ3v) is 9.33. The van der Waals surface area contributed by atoms with Crippen LogP contribution in [0.5, 0.6) is 0 Å². The molecule has 0 radical (unpaired) electrons. The highest BCUT2D eigenvalue weighted by molar-refractivity contribution is 7.89. The number of nitriles is 1. The number of likely N-dealkylation sites (tertiary alicyclic amines) is 1. The van der Waals surface area contributed by atoms with Gasteiger partial charge in [0.15, 0.2) is 0 Å². The van der Waals surface area contributed by atoms with Gasteiger partial charge in [-0.1, -0.05) is 13.8 Å². The second-order valence-electron chi connectivity index (χ2n) is 9.19. The highest BCUT2D eigenvalue weighted by Gasteiger charge is 2.52. The summed E-state index contributed by atoms with van der Waals surface area (Å²) in [6.45, 7) is 7.46. The number of carbonyl (C=O) groups excluding carboxylic acids is 1. The molecule has 4 atom stereocenters. The molecule has 1 N–H and O–H groups in total. The topological polar surface area (TPSA) is 93.5 Å². The van der Waals surface area contributed by atoms with Crippen LogP contribution in [0.1, 0.15) is 46.5 Å². The van der Waals surface area contributed by atoms with Crippen LogP contribution in [0.3, 0.4) is 0 Å². The normalized spacial score (nSPS) is 37.2. The van der Waals surface area contributed by atoms with Crippen LogP contribution in [-0.4, -0.2) is 73.2 Å². The summed E-state index contributed by atoms with van der Waals surface area (Å²) in [6.07, 6.45) is 1.34. The van der Waals surface area contributed by atoms with Crippen molar-refractivity contribution in [3.05, 3.63) is 0 Å². The van der Waals surface area contributed by atoms with Gasteiger partial charge in [-0.05, 0) is 37.5 Å². The lowest BCUT2D eigenvalue weighted by atomic mass is 9.71. The number of hydrogen-bond acceptors (Lipinski definition) is 5. The van der Waals surface area contributed by atoms with E-state index in [9.17, 15) is 17.6 Å². The molecule has 2 saturated heterocycles. The van der Waals surface area contributed by atoms with Gasteiger partial charge in [0.2, 0.25) is 15.9 Å². The van der Waals surface area contributed by atoms with Crippen LogP contribution in [0.25, 0.3) is 0 Å². The molecule has 0 aromatic carbocycles. The lowest BCUT2D eigenvalue weighted by Gasteiger charge is -2.43. The van der Waals surface area contributed by atoms with Crippen LogP contribution in [-0.2, 0) is 14.8 Å². The SMILES string of the molecule is CC1(C)[C@@H](CN2CCCS2(=O)=O)CC[C@@]1(C)NCC(=O)N1C[C@@H](F)C[C@H]1C#N. The first kappa shape index (κ1) is 21.5. The second kappa shape index (κ2) is 7.54. The van der Waals surface area contributed by atoms with Gasteiger partial charge in [-0.3, -0.25) is 4.79 Å². The van der Waals surface area contributed by atoms with Crippen molar-refractivity contribution in [2.45, 2.75) is 64.2 Å². The third-order valence-electron chi connectivity index (χ3n) is 7.41. The first-order chi connectivity index (χ1) is 13.0. The van der Waals surface area contributed by atoms with Crippen LogP contribution in [0.15, 0.2) is 0 Å². The van der Waals surface area contributed by atoms with E-state index in [4.69, 9.17) is 5.26 Å². The Morgan fingerprint density at radius 1 is 1.36 bits per heavy atom. The Kier molecular flexibility index (Phi) is 5.78. The minimum atomic E-state index is -3.13. The summed E-state index contributed by atoms with van der Waals surface area (Å²) in [5, 5.41) is 12.5. The minimum Gasteiger partial charge on any atom is -0.323 e. The molecular formula is C19H31FN4O3S. The predicted molar refractivity (Wildman–Crippen MR) is 104 cm³/mol. The molecule has 0 spiro atoms. The number of nitrogens with zero attached hydrogens (tertiary/aromatic N) is 3. The first-order valence-electron chi connectivity index (χ1n) is 10.1. The highest BCUT2D eigenvalue weighted by atomic mass is 32.2. The van der Waals surface area contributed by atoms with Crippen LogP contribution >= 0.6 is 0 Å². The summed E-state index contributed by atoms with van der Waals surface area (Å²) in [6, 6.07) is 1.32. The van der Waals surface area contributed by atoms with Crippen molar-refractivity contribution in [3.63, 3.8) is 0 Å². The molecule has 1 saturated carbocycles. The monoisotopic (exact) mass is 414 g/mol. The Bertz CT molecular complexity index is 766. The van der Waals surface area contributed by atoms with Gasteiger partial charge in [-0.2, -0.15) is 5.26 Å². The maximum Gasteiger partial charge on any atom is 0.237 e. The number of rotatable bonds is 5. The van der Waals surface area contributed by atoms with Gasteiger partial charge in [-0.15, -0.1) is 0 Å². The van der Waals surface area contributed by atoms with Crippen LogP contribution in [0.2, 0.25) is 0 Å². The number of hydrogen-bond donors (Lipinski definition) is 1. The van der Waals surface area contributed by atoms with Gasteiger partial charge in [0.25, 0.3) is 0 Å². The zero-order valence-corrected chi connectivity index (χ0v) is 17.8. The van der Waals surface area contributed by atoms with Gasteiger partial charge in [0, 0.05) is 25.0 Å². The molecule has 3 fully saturated rings. The summed E-state index contributed by atoms with van der Waals surface area (Å²) in [5.41, 5.74) is -0.554. The van der Waals surface area contributed by atoms with E-state index in [1.807, 2.05) is 6.07 Å². The fourth-order valence-corrected chi connectivity index (χ4v) is 6.50. The highest BCUT2D eigenvalue weighted by Crippen LogP contribution is 2.50. The molecule has 1 amide bonds. The molecule has 28 heavy (non-hydrogen) atoms. The van der Waals surface area contributed by atoms with Crippen molar-refractivity contribution in [2.24, 2.45) is 11.3 Å². The standard InChI is InChI=1S/C19H31FN4O3S/c1-18(2)14(12-23-7-4-8-28(23,26)27)5-6-19(18,3)22-11-17(25)24-13-15(20)9-16(24)10-21/h14-16,22H,4-9,11-13H2,1-3H3/t14-,15+,16+,19-/m1/s1. The average Bonchev–Trinajstić information content (AvgIpc) is 3.23. The summed E-state index contributed by atoms with van der Waals surface area (Å²) >= 11 is 0. The molecule has 2 heterocycles. The van der Waals surface area contributed by atoms with E-state index in [-0.39, 0.29) is 48.0 Å². The molecule has 1 aliphatic carbocycles. The van der Waals surface area contributed by atoms with Crippen molar-refractivity contribution < 1.29 is 17.6 Å². The zero-order chi connectivity index (χ0) is 20.7. The Balaban J connectivity index is 1.62. The predicted octanol–water partition coefficient (Wildman–Crippen LogP) is 1.27. The Hall–Kier alpha value is -1.24. The smallest absolute Gasteiger partial charge is 0.237 e. The molecule has 3 aliphatic rings. The maximum absolute atomic E-state index is 13.6. The van der Waals surface area contributed by atoms with E-state index < -0.39 is 22.2 Å². The summed E-state index contributed by atoms with van der Waals surface area (Å²) in [7, 11) is -3.13. The summed E-state index contributed by atoms with van der Waals surface area (Å²) in [4.78, 5) is 13.9. The molecule has 0 unspecified atom stereocenters. The minimum absolute atomic E-state index is 0.0196. The van der Waals surface area contributed by atoms with E-state index in [2.05, 4.69) is 26.1 Å². The van der Waals surface area contributed by atoms with Crippen molar-refractivity contribution in [3.8, 4) is 6.07 Å². The molecular weight excluding hydrogens is 383 g/mol. The number of amides is 1. The fourth-order valence-electron chi connectivity index (χ4n) is 4.93. The van der Waals surface area contributed by atoms with E-state index >= 15 is 0 Å². The number of nitrogens with one attached hydrogen (secondary N) is 1. The van der Waals surface area contributed by atoms with Crippen molar-refractivity contribution >= 4 is 15.9 Å². The largest absolute Gasteiger partial charge is 0.323 e. The van der Waals surface area contributed by atoms with E-state index in [1.54, 1.807) is 4.31 Å². The van der Waals surface area contributed by atoms with Gasteiger partial charge < -0.3 is 10.2 Å². The van der Waals surface area contributed by atoms with Gasteiger partial charge in [0.1, 0.15) is 12.2 Å². The Morgan fingerprint density at radius 2 is 2.07 bits per heavy atom. The maximum atomic E-state index is 13.6. The second-order valence-corrected chi connectivity index (χ2v) is 11.3. The number of halogens is 1. The molecule has 2 aliphatic heterocycles. The number of alkyl halides is 1. The molecule has 0 aromatic rings. The molecule has 3 rings (SSSR count). The van der Waals surface area contributed by atoms with Gasteiger partial charge in [-0.25, -0.2) is 17.1 Å². The van der Waals surface area contributed by atoms with Crippen molar-refractivity contribution in [1.29, 1.82) is 5.26 Å². The van der Waals surface area contributed by atoms with E-state index in [1.165, 1.54) is 4.90 Å². The fraction of sp³-hybridized carbons (Fsp3) is 0.895. The van der Waals surface area contributed by atoms with Crippen LogP contribution in [0, 0.1) is 22.7 Å². The number of sulfonamides is 1. The average molecular weight is 415 g/mol. The molecule has 158 valence electrons. The quantitative estimate of drug-likeness (QED) is 0.731. The number of carbonyl (C=O) groups is 1. The van der Waals surface area contributed by atoms with Gasteiger partial charge >= 0.3 is 0 Å². The Labute approximate surface area is 167 Å². The first-order valence-corrected chi connectivity index (χ1v) is 11.7. The molecule has 0 aromatic heterocycles. The van der Waals surface area contributed by atoms with Crippen LogP contribution in [0.4, 0.5) is 4.39 Å². The summed E-state index contributed by atoms with van der Waals surface area (Å²) in [5.74, 6) is 0.173. The molecule has 0 bridgehead atoms. The van der Waals surface area contributed by atoms with E-state index in [0.29, 0.717) is 19.5 Å².